The summed E-state index contributed by atoms with van der Waals surface area (Å²) in [6.07, 6.45) is 0. The van der Waals surface area contributed by atoms with E-state index in [1.54, 1.807) is 11.8 Å². The second-order valence-corrected chi connectivity index (χ2v) is 5.60. The van der Waals surface area contributed by atoms with E-state index in [9.17, 15) is 0 Å². The fourth-order valence-corrected chi connectivity index (χ4v) is 2.53. The summed E-state index contributed by atoms with van der Waals surface area (Å²) < 4.78 is 0. The number of hydrogen-bond acceptors (Lipinski definition) is 4. The third kappa shape index (κ3) is 3.47. The summed E-state index contributed by atoms with van der Waals surface area (Å²) in [6.45, 7) is 6.16. The van der Waals surface area contributed by atoms with Crippen molar-refractivity contribution in [2.45, 2.75) is 31.4 Å². The minimum absolute atomic E-state index is 0.791. The largest absolute Gasteiger partial charge is 0.373 e. The summed E-state index contributed by atoms with van der Waals surface area (Å²) in [5.74, 6) is 2.59. The van der Waals surface area contributed by atoms with Gasteiger partial charge in [0.1, 0.15) is 11.6 Å². The molecule has 0 fully saturated rings. The van der Waals surface area contributed by atoms with Gasteiger partial charge in [-0.05, 0) is 32.9 Å². The van der Waals surface area contributed by atoms with Crippen LogP contribution in [0.15, 0.2) is 29.2 Å². The predicted octanol–water partition coefficient (Wildman–Crippen LogP) is 3.74. The van der Waals surface area contributed by atoms with Crippen LogP contribution in [0.1, 0.15) is 22.6 Å². The van der Waals surface area contributed by atoms with Crippen molar-refractivity contribution < 1.29 is 0 Å². The highest BCUT2D eigenvalue weighted by Crippen LogP contribution is 2.23. The van der Waals surface area contributed by atoms with Gasteiger partial charge in [-0.25, -0.2) is 9.97 Å². The van der Waals surface area contributed by atoms with Crippen LogP contribution in [0.3, 0.4) is 0 Å². The summed E-state index contributed by atoms with van der Waals surface area (Å²) >= 11 is 1.76. The van der Waals surface area contributed by atoms with Crippen molar-refractivity contribution in [3.63, 3.8) is 0 Å². The molecular weight excluding hydrogens is 254 g/mol. The van der Waals surface area contributed by atoms with Gasteiger partial charge in [0, 0.05) is 23.2 Å². The lowest BCUT2D eigenvalue weighted by Crippen LogP contribution is -2.04. The molecule has 0 amide bonds. The van der Waals surface area contributed by atoms with E-state index in [4.69, 9.17) is 0 Å². The first kappa shape index (κ1) is 13.9. The van der Waals surface area contributed by atoms with E-state index >= 15 is 0 Å². The average molecular weight is 273 g/mol. The quantitative estimate of drug-likeness (QED) is 0.861. The Balaban J connectivity index is 2.11. The maximum atomic E-state index is 4.54. The molecule has 2 rings (SSSR count). The van der Waals surface area contributed by atoms with Gasteiger partial charge in [0.2, 0.25) is 0 Å². The van der Waals surface area contributed by atoms with Crippen LogP contribution in [-0.2, 0) is 5.75 Å². The minimum Gasteiger partial charge on any atom is -0.373 e. The first-order chi connectivity index (χ1) is 9.10. The van der Waals surface area contributed by atoms with Crippen molar-refractivity contribution in [3.05, 3.63) is 46.9 Å². The number of thioether (sulfide) groups is 1. The number of nitrogens with zero attached hydrogens (tertiary/aromatic N) is 2. The molecule has 100 valence electrons. The number of aryl methyl sites for hydroxylation is 2. The van der Waals surface area contributed by atoms with E-state index in [0.29, 0.717) is 0 Å². The monoisotopic (exact) mass is 273 g/mol. The van der Waals surface area contributed by atoms with E-state index in [0.717, 1.165) is 28.7 Å². The molecule has 0 radical (unpaired) electrons. The Morgan fingerprint density at radius 3 is 2.37 bits per heavy atom. The SMILES string of the molecule is CNc1nc(CSc2ccc(C)cc2)nc(C)c1C. The van der Waals surface area contributed by atoms with Crippen LogP contribution in [0.5, 0.6) is 0 Å². The molecule has 1 heterocycles. The van der Waals surface area contributed by atoms with E-state index in [1.807, 2.05) is 20.9 Å². The zero-order valence-corrected chi connectivity index (χ0v) is 12.6. The van der Waals surface area contributed by atoms with Gasteiger partial charge >= 0.3 is 0 Å². The number of anilines is 1. The highest BCUT2D eigenvalue weighted by atomic mass is 32.2. The first-order valence-electron chi connectivity index (χ1n) is 6.31. The molecule has 0 aliphatic carbocycles. The van der Waals surface area contributed by atoms with Crippen LogP contribution >= 0.6 is 11.8 Å². The van der Waals surface area contributed by atoms with Gasteiger partial charge in [0.05, 0.1) is 5.75 Å². The summed E-state index contributed by atoms with van der Waals surface area (Å²) in [5, 5.41) is 3.12. The number of benzene rings is 1. The van der Waals surface area contributed by atoms with Crippen LogP contribution < -0.4 is 5.32 Å². The second-order valence-electron chi connectivity index (χ2n) is 4.55. The predicted molar refractivity (Wildman–Crippen MR) is 81.8 cm³/mol. The minimum atomic E-state index is 0.791. The Kier molecular flexibility index (Phi) is 4.43. The van der Waals surface area contributed by atoms with Crippen LogP contribution in [-0.4, -0.2) is 17.0 Å². The van der Waals surface area contributed by atoms with Crippen LogP contribution in [0, 0.1) is 20.8 Å². The molecule has 0 aliphatic heterocycles. The van der Waals surface area contributed by atoms with Gasteiger partial charge in [0.15, 0.2) is 0 Å². The van der Waals surface area contributed by atoms with E-state index in [1.165, 1.54) is 10.5 Å². The fraction of sp³-hybridized carbons (Fsp3) is 0.333. The average Bonchev–Trinajstić information content (AvgIpc) is 2.41. The normalized spacial score (nSPS) is 10.5. The van der Waals surface area contributed by atoms with Crippen molar-refractivity contribution in [1.82, 2.24) is 9.97 Å². The Bertz CT molecular complexity index is 564. The van der Waals surface area contributed by atoms with Crippen molar-refractivity contribution >= 4 is 17.6 Å². The topological polar surface area (TPSA) is 37.8 Å². The van der Waals surface area contributed by atoms with Crippen LogP contribution in [0.2, 0.25) is 0 Å². The van der Waals surface area contributed by atoms with Crippen LogP contribution in [0.4, 0.5) is 5.82 Å². The zero-order chi connectivity index (χ0) is 13.8. The molecule has 1 aromatic heterocycles. The first-order valence-corrected chi connectivity index (χ1v) is 7.30. The Morgan fingerprint density at radius 1 is 1.05 bits per heavy atom. The van der Waals surface area contributed by atoms with Crippen molar-refractivity contribution in [2.75, 3.05) is 12.4 Å². The second kappa shape index (κ2) is 6.06. The third-order valence-corrected chi connectivity index (χ3v) is 4.07. The molecule has 3 nitrogen and oxygen atoms in total. The highest BCUT2D eigenvalue weighted by Gasteiger charge is 2.07. The lowest BCUT2D eigenvalue weighted by Gasteiger charge is -2.09. The molecule has 1 aromatic carbocycles. The molecule has 0 spiro atoms. The number of hydrogen-bond donors (Lipinski definition) is 1. The Labute approximate surface area is 118 Å². The molecule has 1 N–H and O–H groups in total. The van der Waals surface area contributed by atoms with E-state index < -0.39 is 0 Å². The fourth-order valence-electron chi connectivity index (χ4n) is 1.78. The summed E-state index contributed by atoms with van der Waals surface area (Å²) in [7, 11) is 1.89. The van der Waals surface area contributed by atoms with Gasteiger partial charge in [-0.2, -0.15) is 0 Å². The van der Waals surface area contributed by atoms with Gasteiger partial charge < -0.3 is 5.32 Å². The van der Waals surface area contributed by atoms with Crippen molar-refractivity contribution in [2.24, 2.45) is 0 Å². The summed E-state index contributed by atoms with van der Waals surface area (Å²) in [6, 6.07) is 8.53. The maximum Gasteiger partial charge on any atom is 0.141 e. The van der Waals surface area contributed by atoms with Crippen molar-refractivity contribution in [3.8, 4) is 0 Å². The van der Waals surface area contributed by atoms with Crippen molar-refractivity contribution in [1.29, 1.82) is 0 Å². The van der Waals surface area contributed by atoms with E-state index in [-0.39, 0.29) is 0 Å². The molecule has 4 heteroatoms. The third-order valence-electron chi connectivity index (χ3n) is 3.06. The maximum absolute atomic E-state index is 4.54. The van der Waals surface area contributed by atoms with Gasteiger partial charge in [-0.15, -0.1) is 11.8 Å². The van der Waals surface area contributed by atoms with E-state index in [2.05, 4.69) is 46.5 Å². The van der Waals surface area contributed by atoms with Gasteiger partial charge in [0.25, 0.3) is 0 Å². The molecule has 2 aromatic rings. The number of aromatic nitrogens is 2. The molecule has 0 saturated heterocycles. The lowest BCUT2D eigenvalue weighted by atomic mass is 10.2. The molecule has 0 saturated carbocycles. The lowest BCUT2D eigenvalue weighted by molar-refractivity contribution is 0.974. The Hall–Kier alpha value is -1.55. The van der Waals surface area contributed by atoms with Gasteiger partial charge in [-0.1, -0.05) is 17.7 Å². The summed E-state index contributed by atoms with van der Waals surface area (Å²) in [5.41, 5.74) is 3.44. The molecule has 0 unspecified atom stereocenters. The molecular formula is C15H19N3S. The Morgan fingerprint density at radius 2 is 1.74 bits per heavy atom. The molecule has 0 bridgehead atoms. The molecule has 0 atom stereocenters. The summed E-state index contributed by atoms with van der Waals surface area (Å²) in [4.78, 5) is 10.3. The smallest absolute Gasteiger partial charge is 0.141 e. The standard InChI is InChI=1S/C15H19N3S/c1-10-5-7-13(8-6-10)19-9-14-17-12(3)11(2)15(16-4)18-14/h5-8H,9H2,1-4H3,(H,16,17,18). The number of rotatable bonds is 4. The molecule has 19 heavy (non-hydrogen) atoms. The molecule has 0 aliphatic rings. The number of nitrogens with one attached hydrogen (secondary N) is 1. The zero-order valence-electron chi connectivity index (χ0n) is 11.8. The highest BCUT2D eigenvalue weighted by molar-refractivity contribution is 7.98. The van der Waals surface area contributed by atoms with Gasteiger partial charge in [-0.3, -0.25) is 0 Å². The van der Waals surface area contributed by atoms with Crippen LogP contribution in [0.25, 0.3) is 0 Å².